The number of ether oxygens (including phenoxy) is 2. The first kappa shape index (κ1) is 14.1. The predicted molar refractivity (Wildman–Crippen MR) is 69.3 cm³/mol. The summed E-state index contributed by atoms with van der Waals surface area (Å²) in [5, 5.41) is 11.2. The number of carbonyl (C=O) groups is 2. The number of carboxylic acid groups (broad SMARTS) is 1. The van der Waals surface area contributed by atoms with Gasteiger partial charge in [-0.2, -0.15) is 0 Å². The van der Waals surface area contributed by atoms with Crippen LogP contribution in [0.3, 0.4) is 0 Å². The Hall–Kier alpha value is -2.28. The molecular formula is C13H16N2O5. The summed E-state index contributed by atoms with van der Waals surface area (Å²) >= 11 is 0. The number of benzene rings is 1. The molecule has 1 heterocycles. The molecular weight excluding hydrogens is 264 g/mol. The van der Waals surface area contributed by atoms with Crippen molar-refractivity contribution < 1.29 is 24.2 Å². The summed E-state index contributed by atoms with van der Waals surface area (Å²) in [6.07, 6.45) is -0.0278. The maximum atomic E-state index is 11.7. The summed E-state index contributed by atoms with van der Waals surface area (Å²) < 4.78 is 10.6. The minimum absolute atomic E-state index is 0.105. The van der Waals surface area contributed by atoms with E-state index in [0.717, 1.165) is 5.56 Å². The smallest absolute Gasteiger partial charge is 0.303 e. The molecule has 7 nitrogen and oxygen atoms in total. The monoisotopic (exact) mass is 280 g/mol. The standard InChI is InChI=1S/C13H16N2O5/c14-9(4-5-11(16)17)13(18)15-6-8-2-1-3-10-12(8)20-7-19-10/h1-3,9H,4-7,14H2,(H,15,18)(H,16,17). The topological polar surface area (TPSA) is 111 Å². The van der Waals surface area contributed by atoms with E-state index in [2.05, 4.69) is 5.32 Å². The zero-order valence-corrected chi connectivity index (χ0v) is 10.8. The Morgan fingerprint density at radius 2 is 2.20 bits per heavy atom. The van der Waals surface area contributed by atoms with Gasteiger partial charge in [-0.25, -0.2) is 0 Å². The van der Waals surface area contributed by atoms with Crippen molar-refractivity contribution in [1.82, 2.24) is 5.32 Å². The number of carboxylic acids is 1. The number of fused-ring (bicyclic) bond motifs is 1. The molecule has 0 fully saturated rings. The van der Waals surface area contributed by atoms with E-state index in [0.29, 0.717) is 11.5 Å². The van der Waals surface area contributed by atoms with Gasteiger partial charge < -0.3 is 25.6 Å². The van der Waals surface area contributed by atoms with Gasteiger partial charge in [0.25, 0.3) is 0 Å². The van der Waals surface area contributed by atoms with E-state index in [1.54, 1.807) is 12.1 Å². The molecule has 108 valence electrons. The third kappa shape index (κ3) is 3.39. The van der Waals surface area contributed by atoms with Crippen molar-refractivity contribution in [3.63, 3.8) is 0 Å². The molecule has 1 amide bonds. The van der Waals surface area contributed by atoms with Crippen LogP contribution in [0, 0.1) is 0 Å². The van der Waals surface area contributed by atoms with Crippen LogP contribution in [0.15, 0.2) is 18.2 Å². The van der Waals surface area contributed by atoms with Gasteiger partial charge in [0.2, 0.25) is 12.7 Å². The lowest BCUT2D eigenvalue weighted by Gasteiger charge is -2.12. The second kappa shape index (κ2) is 6.25. The van der Waals surface area contributed by atoms with Gasteiger partial charge in [0.15, 0.2) is 11.5 Å². The lowest BCUT2D eigenvalue weighted by atomic mass is 10.1. The first-order valence-electron chi connectivity index (χ1n) is 6.20. The Morgan fingerprint density at radius 1 is 1.40 bits per heavy atom. The largest absolute Gasteiger partial charge is 0.481 e. The predicted octanol–water partition coefficient (Wildman–Crippen LogP) is 0.224. The third-order valence-electron chi connectivity index (χ3n) is 2.94. The van der Waals surface area contributed by atoms with E-state index >= 15 is 0 Å². The van der Waals surface area contributed by atoms with Crippen LogP contribution in [0.1, 0.15) is 18.4 Å². The van der Waals surface area contributed by atoms with Crippen LogP contribution in [0.5, 0.6) is 11.5 Å². The van der Waals surface area contributed by atoms with E-state index in [1.165, 1.54) is 0 Å². The first-order chi connectivity index (χ1) is 9.58. The van der Waals surface area contributed by atoms with Gasteiger partial charge in [-0.1, -0.05) is 12.1 Å². The Bertz CT molecular complexity index is 517. The maximum Gasteiger partial charge on any atom is 0.303 e. The molecule has 0 saturated heterocycles. The lowest BCUT2D eigenvalue weighted by molar-refractivity contribution is -0.137. The van der Waals surface area contributed by atoms with Crippen LogP contribution in [0.2, 0.25) is 0 Å². The van der Waals surface area contributed by atoms with Crippen molar-refractivity contribution in [3.05, 3.63) is 23.8 Å². The van der Waals surface area contributed by atoms with Crippen LogP contribution in [-0.4, -0.2) is 29.8 Å². The molecule has 0 bridgehead atoms. The molecule has 4 N–H and O–H groups in total. The highest BCUT2D eigenvalue weighted by Crippen LogP contribution is 2.35. The number of hydrogen-bond donors (Lipinski definition) is 3. The van der Waals surface area contributed by atoms with Gasteiger partial charge in [-0.05, 0) is 12.5 Å². The van der Waals surface area contributed by atoms with Crippen LogP contribution in [0.25, 0.3) is 0 Å². The summed E-state index contributed by atoms with van der Waals surface area (Å²) in [5.41, 5.74) is 6.40. The van der Waals surface area contributed by atoms with Crippen LogP contribution in [0.4, 0.5) is 0 Å². The average Bonchev–Trinajstić information content (AvgIpc) is 2.90. The summed E-state index contributed by atoms with van der Waals surface area (Å²) in [5.74, 6) is -0.0960. The number of aliphatic carboxylic acids is 1. The number of carbonyl (C=O) groups excluding carboxylic acids is 1. The second-order valence-corrected chi connectivity index (χ2v) is 4.41. The summed E-state index contributed by atoms with van der Waals surface area (Å²) in [7, 11) is 0. The molecule has 0 spiro atoms. The van der Waals surface area contributed by atoms with Gasteiger partial charge >= 0.3 is 5.97 Å². The molecule has 20 heavy (non-hydrogen) atoms. The summed E-state index contributed by atoms with van der Waals surface area (Å²) in [6.45, 7) is 0.421. The van der Waals surface area contributed by atoms with E-state index in [-0.39, 0.29) is 32.1 Å². The average molecular weight is 280 g/mol. The first-order valence-corrected chi connectivity index (χ1v) is 6.20. The van der Waals surface area contributed by atoms with E-state index in [1.807, 2.05) is 6.07 Å². The van der Waals surface area contributed by atoms with Crippen molar-refractivity contribution in [2.45, 2.75) is 25.4 Å². The molecule has 1 unspecified atom stereocenters. The zero-order valence-electron chi connectivity index (χ0n) is 10.8. The van der Waals surface area contributed by atoms with Crippen LogP contribution in [-0.2, 0) is 16.1 Å². The molecule has 0 aliphatic carbocycles. The van der Waals surface area contributed by atoms with E-state index in [4.69, 9.17) is 20.3 Å². The quantitative estimate of drug-likeness (QED) is 0.687. The molecule has 2 rings (SSSR count). The van der Waals surface area contributed by atoms with Crippen molar-refractivity contribution in [1.29, 1.82) is 0 Å². The second-order valence-electron chi connectivity index (χ2n) is 4.41. The van der Waals surface area contributed by atoms with Crippen LogP contribution >= 0.6 is 0 Å². The highest BCUT2D eigenvalue weighted by molar-refractivity contribution is 5.82. The molecule has 7 heteroatoms. The molecule has 1 aromatic rings. The van der Waals surface area contributed by atoms with Crippen LogP contribution < -0.4 is 20.5 Å². The number of nitrogens with two attached hydrogens (primary N) is 1. The fourth-order valence-corrected chi connectivity index (χ4v) is 1.85. The number of amides is 1. The Labute approximate surface area is 115 Å². The zero-order chi connectivity index (χ0) is 14.5. The van der Waals surface area contributed by atoms with E-state index < -0.39 is 12.0 Å². The number of para-hydroxylation sites is 1. The minimum atomic E-state index is -0.973. The van der Waals surface area contributed by atoms with Crippen molar-refractivity contribution >= 4 is 11.9 Å². The van der Waals surface area contributed by atoms with Gasteiger partial charge in [-0.15, -0.1) is 0 Å². The van der Waals surface area contributed by atoms with Crippen molar-refractivity contribution in [2.75, 3.05) is 6.79 Å². The maximum absolute atomic E-state index is 11.7. The molecule has 0 aromatic heterocycles. The van der Waals surface area contributed by atoms with Crippen molar-refractivity contribution in [3.8, 4) is 11.5 Å². The molecule has 0 radical (unpaired) electrons. The Kier molecular flexibility index (Phi) is 4.41. The molecule has 1 aliphatic heterocycles. The SMILES string of the molecule is NC(CCC(=O)O)C(=O)NCc1cccc2c1OCO2. The Balaban J connectivity index is 1.87. The molecule has 1 aliphatic rings. The highest BCUT2D eigenvalue weighted by atomic mass is 16.7. The fourth-order valence-electron chi connectivity index (χ4n) is 1.85. The summed E-state index contributed by atoms with van der Waals surface area (Å²) in [4.78, 5) is 22.1. The lowest BCUT2D eigenvalue weighted by Crippen LogP contribution is -2.40. The van der Waals surface area contributed by atoms with Gasteiger partial charge in [-0.3, -0.25) is 9.59 Å². The Morgan fingerprint density at radius 3 is 2.95 bits per heavy atom. The third-order valence-corrected chi connectivity index (χ3v) is 2.94. The summed E-state index contributed by atoms with van der Waals surface area (Å²) in [6, 6.07) is 4.57. The highest BCUT2D eigenvalue weighted by Gasteiger charge is 2.19. The fraction of sp³-hybridized carbons (Fsp3) is 0.385. The number of rotatable bonds is 6. The van der Waals surface area contributed by atoms with Crippen molar-refractivity contribution in [2.24, 2.45) is 5.73 Å². The van der Waals surface area contributed by atoms with Gasteiger partial charge in [0.05, 0.1) is 6.04 Å². The number of nitrogens with one attached hydrogen (secondary N) is 1. The van der Waals surface area contributed by atoms with Gasteiger partial charge in [0, 0.05) is 18.5 Å². The minimum Gasteiger partial charge on any atom is -0.481 e. The normalized spacial score (nSPS) is 13.8. The number of hydrogen-bond acceptors (Lipinski definition) is 5. The molecule has 1 atom stereocenters. The van der Waals surface area contributed by atoms with Gasteiger partial charge in [0.1, 0.15) is 0 Å². The van der Waals surface area contributed by atoms with E-state index in [9.17, 15) is 9.59 Å². The molecule has 0 saturated carbocycles. The molecule has 1 aromatic carbocycles.